The first-order valence-corrected chi connectivity index (χ1v) is 9.05. The lowest BCUT2D eigenvalue weighted by atomic mass is 9.86. The van der Waals surface area contributed by atoms with Crippen LogP contribution >= 0.6 is 9.12 Å². The van der Waals surface area contributed by atoms with E-state index in [0.29, 0.717) is 20.2 Å². The monoisotopic (exact) mass is 374 g/mol. The quantitative estimate of drug-likeness (QED) is 0.335. The van der Waals surface area contributed by atoms with Crippen LogP contribution in [-0.4, -0.2) is 17.9 Å². The molecular weight excluding hydrogens is 347 g/mol. The zero-order valence-corrected chi connectivity index (χ0v) is 17.5. The van der Waals surface area contributed by atoms with Gasteiger partial charge in [-0.2, -0.15) is 0 Å². The number of ether oxygens (including phenoxy) is 1. The molecule has 0 saturated carbocycles. The molecule has 2 rings (SSSR count). The predicted octanol–water partition coefficient (Wildman–Crippen LogP) is 4.47. The summed E-state index contributed by atoms with van der Waals surface area (Å²) < 4.78 is 13.6. The first kappa shape index (κ1) is 21.9. The highest BCUT2D eigenvalue weighted by Crippen LogP contribution is 2.27. The van der Waals surface area contributed by atoms with Gasteiger partial charge in [0, 0.05) is 5.56 Å². The second-order valence-electron chi connectivity index (χ2n) is 6.47. The zero-order chi connectivity index (χ0) is 19.9. The van der Waals surface area contributed by atoms with Gasteiger partial charge >= 0.3 is 5.97 Å². The Morgan fingerprint density at radius 2 is 1.42 bits per heavy atom. The van der Waals surface area contributed by atoms with Crippen LogP contribution in [0.4, 0.5) is 0 Å². The molecule has 5 heteroatoms. The molecule has 0 aliphatic rings. The minimum absolute atomic E-state index is 0.207. The minimum atomic E-state index is -0.936. The van der Waals surface area contributed by atoms with Crippen LogP contribution in [-0.2, 0) is 14.1 Å². The molecule has 26 heavy (non-hydrogen) atoms. The van der Waals surface area contributed by atoms with Crippen LogP contribution < -0.4 is 0 Å². The van der Waals surface area contributed by atoms with Gasteiger partial charge in [0.15, 0.2) is 5.78 Å². The summed E-state index contributed by atoms with van der Waals surface area (Å²) in [4.78, 5) is 25.8. The van der Waals surface area contributed by atoms with Gasteiger partial charge in [0.1, 0.15) is 5.92 Å². The minimum Gasteiger partial charge on any atom is -0.462 e. The van der Waals surface area contributed by atoms with Crippen LogP contribution in [0.2, 0.25) is 0 Å². The molecule has 0 N–H and O–H groups in total. The number of hydrogen-bond donors (Lipinski definition) is 0. The largest absolute Gasteiger partial charge is 0.462 e. The van der Waals surface area contributed by atoms with Crippen LogP contribution in [0.15, 0.2) is 42.5 Å². The lowest BCUT2D eigenvalue weighted by Gasteiger charge is -2.19. The van der Waals surface area contributed by atoms with Gasteiger partial charge in [-0.15, -0.1) is 0 Å². The number of benzene rings is 2. The molecule has 0 amide bonds. The van der Waals surface area contributed by atoms with E-state index < -0.39 is 11.9 Å². The summed E-state index contributed by atoms with van der Waals surface area (Å²) >= 11 is 0. The van der Waals surface area contributed by atoms with Crippen LogP contribution in [0.25, 0.3) is 0 Å². The number of aryl methyl sites for hydroxylation is 3. The molecule has 2 atom stereocenters. The van der Waals surface area contributed by atoms with E-state index in [1.54, 1.807) is 26.0 Å². The molecule has 0 saturated heterocycles. The predicted molar refractivity (Wildman–Crippen MR) is 107 cm³/mol. The average molecular weight is 374 g/mol. The Morgan fingerprint density at radius 3 is 1.88 bits per heavy atom. The lowest BCUT2D eigenvalue weighted by Crippen LogP contribution is -2.27. The van der Waals surface area contributed by atoms with E-state index in [0.717, 1.165) is 16.7 Å². The van der Waals surface area contributed by atoms with Crippen molar-refractivity contribution >= 4 is 20.9 Å². The van der Waals surface area contributed by atoms with Gasteiger partial charge in [0.05, 0.1) is 15.2 Å². The van der Waals surface area contributed by atoms with Crippen molar-refractivity contribution in [3.8, 4) is 0 Å². The lowest BCUT2D eigenvalue weighted by molar-refractivity contribution is -0.147. The second-order valence-corrected chi connectivity index (χ2v) is 6.47. The maximum absolute atomic E-state index is 13.2. The highest BCUT2D eigenvalue weighted by Gasteiger charge is 2.33. The molecule has 0 aliphatic carbocycles. The SMILES string of the molecule is Cc1cc(C)c(C(=O)C(C(=O)OC(C)C)c2ccccc2)c(C)c1.O=[PH3]. The van der Waals surface area contributed by atoms with Gasteiger partial charge in [0.2, 0.25) is 0 Å². The van der Waals surface area contributed by atoms with Crippen molar-refractivity contribution in [1.29, 1.82) is 0 Å². The Morgan fingerprint density at radius 1 is 0.923 bits per heavy atom. The van der Waals surface area contributed by atoms with E-state index in [9.17, 15) is 9.59 Å². The third-order valence-electron chi connectivity index (χ3n) is 3.91. The van der Waals surface area contributed by atoms with Crippen molar-refractivity contribution in [3.63, 3.8) is 0 Å². The normalized spacial score (nSPS) is 11.5. The zero-order valence-electron chi connectivity index (χ0n) is 16.0. The summed E-state index contributed by atoms with van der Waals surface area (Å²) in [5.74, 6) is -1.64. The summed E-state index contributed by atoms with van der Waals surface area (Å²) in [5.41, 5.74) is 4.14. The first-order valence-electron chi connectivity index (χ1n) is 8.47. The molecule has 0 heterocycles. The van der Waals surface area contributed by atoms with Crippen molar-refractivity contribution in [2.45, 2.75) is 46.6 Å². The number of esters is 1. The van der Waals surface area contributed by atoms with Crippen molar-refractivity contribution in [1.82, 2.24) is 0 Å². The van der Waals surface area contributed by atoms with Crippen LogP contribution in [0.3, 0.4) is 0 Å². The Labute approximate surface area is 157 Å². The summed E-state index contributed by atoms with van der Waals surface area (Å²) in [7, 11) is 0.611. The van der Waals surface area contributed by atoms with E-state index in [1.165, 1.54) is 0 Å². The van der Waals surface area contributed by atoms with Crippen LogP contribution in [0.5, 0.6) is 0 Å². The summed E-state index contributed by atoms with van der Waals surface area (Å²) in [6.45, 7) is 9.38. The fraction of sp³-hybridized carbons (Fsp3) is 0.333. The highest BCUT2D eigenvalue weighted by molar-refractivity contribution is 7.00. The fourth-order valence-corrected chi connectivity index (χ4v) is 3.05. The third-order valence-corrected chi connectivity index (χ3v) is 3.91. The first-order chi connectivity index (χ1) is 12.3. The summed E-state index contributed by atoms with van der Waals surface area (Å²) in [6, 6.07) is 13.0. The molecular formula is C21H27O4P. The van der Waals surface area contributed by atoms with E-state index in [-0.39, 0.29) is 11.9 Å². The van der Waals surface area contributed by atoms with E-state index in [4.69, 9.17) is 9.30 Å². The topological polar surface area (TPSA) is 60.4 Å². The van der Waals surface area contributed by atoms with Gasteiger partial charge in [-0.05, 0) is 51.3 Å². The molecule has 2 aromatic rings. The Balaban J connectivity index is 0.00000163. The van der Waals surface area contributed by atoms with Crippen molar-refractivity contribution in [2.24, 2.45) is 0 Å². The number of hydrogen-bond acceptors (Lipinski definition) is 4. The van der Waals surface area contributed by atoms with E-state index >= 15 is 0 Å². The maximum atomic E-state index is 13.2. The highest BCUT2D eigenvalue weighted by atomic mass is 31.0. The summed E-state index contributed by atoms with van der Waals surface area (Å²) in [5, 5.41) is 0. The standard InChI is InChI=1S/C21H24O3.H3OP/c1-13(2)24-21(23)19(17-9-7-6-8-10-17)20(22)18-15(4)11-14(3)12-16(18)5;1-2/h6-13,19H,1-5H3;2H3. The number of Topliss-reactive ketones (excluding diaryl/α,β-unsaturated/α-hetero) is 1. The number of rotatable bonds is 5. The van der Waals surface area contributed by atoms with Crippen LogP contribution in [0.1, 0.15) is 52.4 Å². The van der Waals surface area contributed by atoms with Crippen LogP contribution in [0, 0.1) is 20.8 Å². The molecule has 0 fully saturated rings. The number of carbonyl (C=O) groups excluding carboxylic acids is 2. The van der Waals surface area contributed by atoms with Gasteiger partial charge in [-0.1, -0.05) is 48.0 Å². The molecule has 140 valence electrons. The molecule has 0 aromatic heterocycles. The average Bonchev–Trinajstić information content (AvgIpc) is 2.56. The Bertz CT molecular complexity index is 746. The molecule has 4 nitrogen and oxygen atoms in total. The van der Waals surface area contributed by atoms with Gasteiger partial charge in [-0.3, -0.25) is 9.59 Å². The van der Waals surface area contributed by atoms with E-state index in [1.807, 2.05) is 51.1 Å². The van der Waals surface area contributed by atoms with Gasteiger partial charge in [-0.25, -0.2) is 0 Å². The third kappa shape index (κ3) is 5.40. The van der Waals surface area contributed by atoms with Crippen molar-refractivity contribution in [3.05, 3.63) is 70.3 Å². The summed E-state index contributed by atoms with van der Waals surface area (Å²) in [6.07, 6.45) is -0.267. The second kappa shape index (κ2) is 10.1. The molecule has 0 radical (unpaired) electrons. The number of carbonyl (C=O) groups is 2. The van der Waals surface area contributed by atoms with Crippen molar-refractivity contribution < 1.29 is 18.9 Å². The Hall–Kier alpha value is -2.19. The van der Waals surface area contributed by atoms with Gasteiger partial charge in [0.25, 0.3) is 0 Å². The molecule has 0 aliphatic heterocycles. The smallest absolute Gasteiger partial charge is 0.321 e. The molecule has 2 aromatic carbocycles. The molecule has 2 unspecified atom stereocenters. The van der Waals surface area contributed by atoms with Crippen molar-refractivity contribution in [2.75, 3.05) is 0 Å². The van der Waals surface area contributed by atoms with E-state index in [2.05, 4.69) is 0 Å². The molecule has 0 bridgehead atoms. The fourth-order valence-electron chi connectivity index (χ4n) is 3.05. The maximum Gasteiger partial charge on any atom is 0.321 e. The molecule has 0 spiro atoms. The van der Waals surface area contributed by atoms with Gasteiger partial charge < -0.3 is 9.30 Å². The Kier molecular flexibility index (Phi) is 8.47. The number of ketones is 1.